The number of aryl methyl sites for hydroxylation is 1. The van der Waals surface area contributed by atoms with Crippen molar-refractivity contribution in [3.8, 4) is 5.82 Å². The molecule has 0 aliphatic heterocycles. The summed E-state index contributed by atoms with van der Waals surface area (Å²) < 4.78 is 41.7. The Kier molecular flexibility index (Phi) is 3.47. The van der Waals surface area contributed by atoms with Crippen LogP contribution in [0.4, 0.5) is 13.2 Å². The SMILES string of the molecule is CCc1ccc2nc(C(F)(F)F)nn2c1-n1ncc2cccc(Cl)c21. The van der Waals surface area contributed by atoms with Crippen LogP contribution in [0.1, 0.15) is 18.3 Å². The van der Waals surface area contributed by atoms with Gasteiger partial charge in [-0.3, -0.25) is 0 Å². The first-order valence-corrected chi connectivity index (χ1v) is 7.86. The van der Waals surface area contributed by atoms with E-state index in [0.29, 0.717) is 22.8 Å². The van der Waals surface area contributed by atoms with Gasteiger partial charge < -0.3 is 0 Å². The van der Waals surface area contributed by atoms with Gasteiger partial charge in [0.1, 0.15) is 0 Å². The lowest BCUT2D eigenvalue weighted by Crippen LogP contribution is -2.11. The number of fused-ring (bicyclic) bond motifs is 2. The van der Waals surface area contributed by atoms with Crippen molar-refractivity contribution in [3.63, 3.8) is 0 Å². The molecule has 0 saturated heterocycles. The van der Waals surface area contributed by atoms with E-state index in [1.54, 1.807) is 24.4 Å². The Bertz CT molecular complexity index is 1100. The zero-order valence-electron chi connectivity index (χ0n) is 12.9. The molecule has 0 aliphatic rings. The molecule has 5 nitrogen and oxygen atoms in total. The number of halogens is 4. The highest BCUT2D eigenvalue weighted by Crippen LogP contribution is 2.30. The van der Waals surface area contributed by atoms with Crippen LogP contribution in [0.3, 0.4) is 0 Å². The van der Waals surface area contributed by atoms with Crippen molar-refractivity contribution in [2.75, 3.05) is 0 Å². The number of alkyl halides is 3. The highest BCUT2D eigenvalue weighted by molar-refractivity contribution is 6.35. The van der Waals surface area contributed by atoms with Crippen LogP contribution in [0.2, 0.25) is 5.02 Å². The van der Waals surface area contributed by atoms with Gasteiger partial charge in [-0.25, -0.2) is 9.67 Å². The Morgan fingerprint density at radius 3 is 2.68 bits per heavy atom. The van der Waals surface area contributed by atoms with Gasteiger partial charge in [-0.15, -0.1) is 5.10 Å². The highest BCUT2D eigenvalue weighted by Gasteiger charge is 2.36. The zero-order valence-corrected chi connectivity index (χ0v) is 13.7. The number of nitrogens with zero attached hydrogens (tertiary/aromatic N) is 5. The molecule has 9 heteroatoms. The number of pyridine rings is 1. The fourth-order valence-electron chi connectivity index (χ4n) is 2.79. The number of para-hydroxylation sites is 1. The average Bonchev–Trinajstić information content (AvgIpc) is 3.18. The first kappa shape index (κ1) is 15.9. The van der Waals surface area contributed by atoms with Crippen LogP contribution in [0.25, 0.3) is 22.4 Å². The van der Waals surface area contributed by atoms with Crippen molar-refractivity contribution in [1.29, 1.82) is 0 Å². The summed E-state index contributed by atoms with van der Waals surface area (Å²) in [4.78, 5) is 3.59. The Labute approximate surface area is 144 Å². The van der Waals surface area contributed by atoms with E-state index in [0.717, 1.165) is 15.5 Å². The van der Waals surface area contributed by atoms with Crippen LogP contribution >= 0.6 is 11.6 Å². The van der Waals surface area contributed by atoms with E-state index in [2.05, 4.69) is 15.2 Å². The van der Waals surface area contributed by atoms with Gasteiger partial charge in [0.15, 0.2) is 11.5 Å². The molecule has 0 atom stereocenters. The molecule has 128 valence electrons. The van der Waals surface area contributed by atoms with Gasteiger partial charge in [0.25, 0.3) is 5.82 Å². The number of rotatable bonds is 2. The number of benzene rings is 1. The molecule has 0 aliphatic carbocycles. The quantitative estimate of drug-likeness (QED) is 0.532. The van der Waals surface area contributed by atoms with Crippen LogP contribution < -0.4 is 0 Å². The lowest BCUT2D eigenvalue weighted by Gasteiger charge is -2.11. The van der Waals surface area contributed by atoms with E-state index in [9.17, 15) is 13.2 Å². The summed E-state index contributed by atoms with van der Waals surface area (Å²) in [5, 5.41) is 9.21. The van der Waals surface area contributed by atoms with Crippen molar-refractivity contribution in [2.45, 2.75) is 19.5 Å². The summed E-state index contributed by atoms with van der Waals surface area (Å²) in [5.74, 6) is -0.796. The van der Waals surface area contributed by atoms with Crippen molar-refractivity contribution in [1.82, 2.24) is 24.4 Å². The molecular weight excluding hydrogens is 355 g/mol. The molecule has 0 saturated carbocycles. The molecule has 0 amide bonds. The van der Waals surface area contributed by atoms with Crippen LogP contribution in [0.5, 0.6) is 0 Å². The summed E-state index contributed by atoms with van der Waals surface area (Å²) in [6.07, 6.45) is -2.43. The van der Waals surface area contributed by atoms with E-state index < -0.39 is 12.0 Å². The second-order valence-corrected chi connectivity index (χ2v) is 5.88. The van der Waals surface area contributed by atoms with Gasteiger partial charge in [0.05, 0.1) is 16.7 Å². The maximum Gasteiger partial charge on any atom is 0.453 e. The van der Waals surface area contributed by atoms with E-state index >= 15 is 0 Å². The molecule has 1 aromatic carbocycles. The lowest BCUT2D eigenvalue weighted by molar-refractivity contribution is -0.144. The predicted molar refractivity (Wildman–Crippen MR) is 87.0 cm³/mol. The summed E-state index contributed by atoms with van der Waals surface area (Å²) in [6.45, 7) is 1.90. The van der Waals surface area contributed by atoms with Gasteiger partial charge >= 0.3 is 6.18 Å². The van der Waals surface area contributed by atoms with E-state index in [4.69, 9.17) is 11.6 Å². The van der Waals surface area contributed by atoms with Crippen molar-refractivity contribution in [3.05, 3.63) is 52.9 Å². The molecular formula is C16H11ClF3N5. The van der Waals surface area contributed by atoms with E-state index in [-0.39, 0.29) is 5.65 Å². The van der Waals surface area contributed by atoms with E-state index in [1.165, 1.54) is 10.7 Å². The second kappa shape index (κ2) is 5.45. The molecule has 4 aromatic rings. The predicted octanol–water partition coefficient (Wildman–Crippen LogP) is 4.30. The zero-order chi connectivity index (χ0) is 17.8. The summed E-state index contributed by atoms with van der Waals surface area (Å²) in [7, 11) is 0. The summed E-state index contributed by atoms with van der Waals surface area (Å²) in [6, 6.07) is 8.56. The fourth-order valence-corrected chi connectivity index (χ4v) is 3.06. The van der Waals surface area contributed by atoms with Gasteiger partial charge in [0, 0.05) is 5.39 Å². The van der Waals surface area contributed by atoms with Crippen molar-refractivity contribution < 1.29 is 13.2 Å². The molecule has 0 N–H and O–H groups in total. The van der Waals surface area contributed by atoms with Gasteiger partial charge in [-0.2, -0.15) is 22.8 Å². The largest absolute Gasteiger partial charge is 0.453 e. The van der Waals surface area contributed by atoms with Gasteiger partial charge in [-0.1, -0.05) is 36.7 Å². The molecule has 0 spiro atoms. The fraction of sp³-hybridized carbons (Fsp3) is 0.188. The number of aromatic nitrogens is 5. The lowest BCUT2D eigenvalue weighted by atomic mass is 10.2. The number of hydrogen-bond acceptors (Lipinski definition) is 3. The molecule has 0 radical (unpaired) electrons. The molecule has 0 fully saturated rings. The minimum atomic E-state index is -4.63. The number of hydrogen-bond donors (Lipinski definition) is 0. The molecule has 4 rings (SSSR count). The second-order valence-electron chi connectivity index (χ2n) is 5.47. The van der Waals surface area contributed by atoms with Crippen LogP contribution in [0, 0.1) is 0 Å². The molecule has 0 unspecified atom stereocenters. The van der Waals surface area contributed by atoms with Crippen LogP contribution in [-0.2, 0) is 12.6 Å². The molecule has 0 bridgehead atoms. The minimum absolute atomic E-state index is 0.0928. The first-order valence-electron chi connectivity index (χ1n) is 7.48. The third-order valence-corrected chi connectivity index (χ3v) is 4.24. The van der Waals surface area contributed by atoms with Crippen LogP contribution in [-0.4, -0.2) is 24.4 Å². The maximum absolute atomic E-state index is 13.0. The molecule has 25 heavy (non-hydrogen) atoms. The molecule has 3 heterocycles. The monoisotopic (exact) mass is 365 g/mol. The Morgan fingerprint density at radius 1 is 1.16 bits per heavy atom. The van der Waals surface area contributed by atoms with Crippen molar-refractivity contribution >= 4 is 28.2 Å². The highest BCUT2D eigenvalue weighted by atomic mass is 35.5. The van der Waals surface area contributed by atoms with Crippen molar-refractivity contribution in [2.24, 2.45) is 0 Å². The Morgan fingerprint density at radius 2 is 1.96 bits per heavy atom. The smallest absolute Gasteiger partial charge is 0.213 e. The third-order valence-electron chi connectivity index (χ3n) is 3.93. The van der Waals surface area contributed by atoms with Gasteiger partial charge in [0.2, 0.25) is 0 Å². The Hall–Kier alpha value is -2.61. The topological polar surface area (TPSA) is 48.0 Å². The minimum Gasteiger partial charge on any atom is -0.213 e. The van der Waals surface area contributed by atoms with Gasteiger partial charge in [-0.05, 0) is 24.1 Å². The normalized spacial score (nSPS) is 12.4. The summed E-state index contributed by atoms with van der Waals surface area (Å²) in [5.41, 5.74) is 1.47. The molecule has 3 aromatic heterocycles. The van der Waals surface area contributed by atoms with Crippen LogP contribution in [0.15, 0.2) is 36.5 Å². The Balaban J connectivity index is 2.10. The average molecular weight is 366 g/mol. The first-order chi connectivity index (χ1) is 11.9. The third kappa shape index (κ3) is 2.44. The maximum atomic E-state index is 13.0. The summed E-state index contributed by atoms with van der Waals surface area (Å²) >= 11 is 6.29. The van der Waals surface area contributed by atoms with E-state index in [1.807, 2.05) is 13.0 Å². The standard InChI is InChI=1S/C16H11ClF3N5/c1-2-9-6-7-12-22-15(16(18,19)20)23-24(12)14(9)25-13-10(8-21-25)4-3-5-11(13)17/h3-8H,2H2,1H3.